The predicted molar refractivity (Wildman–Crippen MR) is 64.1 cm³/mol. The lowest BCUT2D eigenvalue weighted by Crippen LogP contribution is -2.50. The molecule has 8 heteroatoms. The Morgan fingerprint density at radius 2 is 1.79 bits per heavy atom. The molecule has 0 bridgehead atoms. The van der Waals surface area contributed by atoms with Gasteiger partial charge in [-0.15, -0.1) is 0 Å². The highest BCUT2D eigenvalue weighted by Gasteiger charge is 2.24. The van der Waals surface area contributed by atoms with Crippen LogP contribution in [0.5, 0.6) is 0 Å². The Balaban J connectivity index is 4.41. The van der Waals surface area contributed by atoms with E-state index in [0.717, 1.165) is 0 Å². The molecule has 0 aromatic rings. The molecule has 0 aromatic heterocycles. The zero-order valence-electron chi connectivity index (χ0n) is 11.1. The number of rotatable bonds is 7. The molecule has 0 aliphatic carbocycles. The van der Waals surface area contributed by atoms with E-state index < -0.39 is 35.8 Å². The molecule has 2 amide bonds. The van der Waals surface area contributed by atoms with E-state index >= 15 is 0 Å². The second-order valence-electron chi connectivity index (χ2n) is 3.94. The molecule has 0 rings (SSSR count). The van der Waals surface area contributed by atoms with Gasteiger partial charge in [0.2, 0.25) is 11.8 Å². The van der Waals surface area contributed by atoms with Crippen LogP contribution in [0, 0.1) is 0 Å². The van der Waals surface area contributed by atoms with Gasteiger partial charge in [0.05, 0.1) is 7.11 Å². The Bertz CT molecular complexity index is 368. The minimum Gasteiger partial charge on any atom is -0.480 e. The van der Waals surface area contributed by atoms with Gasteiger partial charge in [-0.05, 0) is 13.3 Å². The molecular formula is C11H18N2O6. The lowest BCUT2D eigenvalue weighted by atomic mass is 10.1. The van der Waals surface area contributed by atoms with Crippen molar-refractivity contribution in [3.63, 3.8) is 0 Å². The molecule has 1 unspecified atom stereocenters. The Labute approximate surface area is 110 Å². The third-order valence-corrected chi connectivity index (χ3v) is 2.29. The molecule has 0 fully saturated rings. The van der Waals surface area contributed by atoms with E-state index in [4.69, 9.17) is 5.11 Å². The summed E-state index contributed by atoms with van der Waals surface area (Å²) in [5.74, 6) is -2.85. The molecule has 0 radical (unpaired) electrons. The average molecular weight is 274 g/mol. The van der Waals surface area contributed by atoms with E-state index in [9.17, 15) is 19.2 Å². The summed E-state index contributed by atoms with van der Waals surface area (Å²) in [5, 5.41) is 13.5. The van der Waals surface area contributed by atoms with Crippen LogP contribution in [0.3, 0.4) is 0 Å². The topological polar surface area (TPSA) is 122 Å². The number of aliphatic carboxylic acids is 1. The van der Waals surface area contributed by atoms with Crippen molar-refractivity contribution < 1.29 is 29.0 Å². The molecule has 2 atom stereocenters. The second-order valence-corrected chi connectivity index (χ2v) is 3.94. The molecule has 0 aromatic carbocycles. The van der Waals surface area contributed by atoms with Crippen molar-refractivity contribution >= 4 is 23.8 Å². The minimum atomic E-state index is -1.26. The highest BCUT2D eigenvalue weighted by atomic mass is 16.5. The zero-order chi connectivity index (χ0) is 15.0. The fourth-order valence-electron chi connectivity index (χ4n) is 1.29. The Hall–Kier alpha value is -2.12. The molecule has 0 aliphatic heterocycles. The number of esters is 1. The van der Waals surface area contributed by atoms with Gasteiger partial charge in [0.25, 0.3) is 0 Å². The summed E-state index contributed by atoms with van der Waals surface area (Å²) in [6.07, 6.45) is -0.206. The zero-order valence-corrected chi connectivity index (χ0v) is 11.1. The van der Waals surface area contributed by atoms with Crippen LogP contribution in [0.25, 0.3) is 0 Å². The summed E-state index contributed by atoms with van der Waals surface area (Å²) in [6, 6.07) is -2.06. The molecule has 0 aliphatic rings. The first-order valence-corrected chi connectivity index (χ1v) is 5.65. The summed E-state index contributed by atoms with van der Waals surface area (Å²) in [6.45, 7) is 2.67. The Morgan fingerprint density at radius 1 is 1.21 bits per heavy atom. The summed E-state index contributed by atoms with van der Waals surface area (Å²) in [7, 11) is 1.19. The quantitative estimate of drug-likeness (QED) is 0.514. The molecule has 0 spiro atoms. The maximum absolute atomic E-state index is 11.6. The van der Waals surface area contributed by atoms with Crippen molar-refractivity contribution in [1.82, 2.24) is 10.6 Å². The predicted octanol–water partition coefficient (Wildman–Crippen LogP) is -0.966. The number of carboxylic acid groups (broad SMARTS) is 1. The first-order chi connectivity index (χ1) is 8.77. The maximum atomic E-state index is 11.6. The van der Waals surface area contributed by atoms with Crippen LogP contribution in [-0.2, 0) is 23.9 Å². The summed E-state index contributed by atoms with van der Waals surface area (Å²) < 4.78 is 4.38. The summed E-state index contributed by atoms with van der Waals surface area (Å²) in [4.78, 5) is 44.2. The number of amides is 2. The molecule has 3 N–H and O–H groups in total. The maximum Gasteiger partial charge on any atom is 0.326 e. The smallest absolute Gasteiger partial charge is 0.326 e. The normalized spacial score (nSPS) is 13.0. The molecule has 0 heterocycles. The van der Waals surface area contributed by atoms with Gasteiger partial charge >= 0.3 is 11.9 Å². The monoisotopic (exact) mass is 274 g/mol. The lowest BCUT2D eigenvalue weighted by molar-refractivity contribution is -0.144. The van der Waals surface area contributed by atoms with E-state index in [1.807, 2.05) is 0 Å². The van der Waals surface area contributed by atoms with Crippen molar-refractivity contribution in [2.75, 3.05) is 7.11 Å². The lowest BCUT2D eigenvalue weighted by Gasteiger charge is -2.17. The fourth-order valence-corrected chi connectivity index (χ4v) is 1.29. The fraction of sp³-hybridized carbons (Fsp3) is 0.636. The van der Waals surface area contributed by atoms with E-state index in [2.05, 4.69) is 15.4 Å². The van der Waals surface area contributed by atoms with Crippen molar-refractivity contribution in [3.8, 4) is 0 Å². The Morgan fingerprint density at radius 3 is 2.21 bits per heavy atom. The molecule has 108 valence electrons. The number of methoxy groups -OCH3 is 1. The van der Waals surface area contributed by atoms with E-state index in [1.54, 1.807) is 0 Å². The van der Waals surface area contributed by atoms with E-state index in [-0.39, 0.29) is 12.8 Å². The largest absolute Gasteiger partial charge is 0.480 e. The van der Waals surface area contributed by atoms with Gasteiger partial charge in [0.15, 0.2) is 0 Å². The van der Waals surface area contributed by atoms with Crippen LogP contribution in [0.4, 0.5) is 0 Å². The van der Waals surface area contributed by atoms with Crippen LogP contribution in [-0.4, -0.2) is 48.1 Å². The SMILES string of the molecule is COC(=O)CC[C@H](NC(=O)C(C)NC(C)=O)C(=O)O. The molecule has 19 heavy (non-hydrogen) atoms. The standard InChI is InChI=1S/C11H18N2O6/c1-6(12-7(2)14)10(16)13-8(11(17)18)4-5-9(15)19-3/h6,8H,4-5H2,1-3H3,(H,12,14)(H,13,16)(H,17,18)/t6?,8-/m0/s1. The van der Waals surface area contributed by atoms with Gasteiger partial charge in [-0.1, -0.05) is 0 Å². The van der Waals surface area contributed by atoms with Crippen LogP contribution >= 0.6 is 0 Å². The highest BCUT2D eigenvalue weighted by Crippen LogP contribution is 2.00. The van der Waals surface area contributed by atoms with Crippen LogP contribution in [0.1, 0.15) is 26.7 Å². The van der Waals surface area contributed by atoms with Crippen LogP contribution in [0.15, 0.2) is 0 Å². The van der Waals surface area contributed by atoms with Crippen molar-refractivity contribution in [2.45, 2.75) is 38.8 Å². The number of hydrogen-bond acceptors (Lipinski definition) is 5. The molecule has 8 nitrogen and oxygen atoms in total. The number of carbonyl (C=O) groups is 4. The van der Waals surface area contributed by atoms with Crippen molar-refractivity contribution in [2.24, 2.45) is 0 Å². The van der Waals surface area contributed by atoms with Crippen molar-refractivity contribution in [1.29, 1.82) is 0 Å². The number of carbonyl (C=O) groups excluding carboxylic acids is 3. The third-order valence-electron chi connectivity index (χ3n) is 2.29. The van der Waals surface area contributed by atoms with Crippen LogP contribution < -0.4 is 10.6 Å². The van der Waals surface area contributed by atoms with Gasteiger partial charge in [0.1, 0.15) is 12.1 Å². The first-order valence-electron chi connectivity index (χ1n) is 5.65. The number of ether oxygens (including phenoxy) is 1. The molecular weight excluding hydrogens is 256 g/mol. The summed E-state index contributed by atoms with van der Waals surface area (Å²) >= 11 is 0. The highest BCUT2D eigenvalue weighted by molar-refractivity contribution is 5.89. The van der Waals surface area contributed by atoms with Gasteiger partial charge in [-0.2, -0.15) is 0 Å². The van der Waals surface area contributed by atoms with Crippen molar-refractivity contribution in [3.05, 3.63) is 0 Å². The third kappa shape index (κ3) is 7.02. The van der Waals surface area contributed by atoms with Gasteiger partial charge in [0, 0.05) is 13.3 Å². The average Bonchev–Trinajstić information content (AvgIpc) is 2.32. The van der Waals surface area contributed by atoms with Gasteiger partial charge < -0.3 is 20.5 Å². The van der Waals surface area contributed by atoms with Gasteiger partial charge in [-0.25, -0.2) is 4.79 Å². The minimum absolute atomic E-state index is 0.0828. The van der Waals surface area contributed by atoms with E-state index in [0.29, 0.717) is 0 Å². The molecule has 0 saturated heterocycles. The van der Waals surface area contributed by atoms with Gasteiger partial charge in [-0.3, -0.25) is 14.4 Å². The number of hydrogen-bond donors (Lipinski definition) is 3. The Kier molecular flexibility index (Phi) is 7.16. The molecule has 0 saturated carbocycles. The van der Waals surface area contributed by atoms with E-state index in [1.165, 1.54) is 21.0 Å². The van der Waals surface area contributed by atoms with Crippen LogP contribution in [0.2, 0.25) is 0 Å². The number of nitrogens with one attached hydrogen (secondary N) is 2. The first kappa shape index (κ1) is 16.9. The second kappa shape index (κ2) is 8.06. The summed E-state index contributed by atoms with van der Waals surface area (Å²) in [5.41, 5.74) is 0. The number of carboxylic acids is 1.